The Morgan fingerprint density at radius 3 is 2.19 bits per heavy atom. The average molecular weight is 353 g/mol. The van der Waals surface area contributed by atoms with Crippen LogP contribution in [0.5, 0.6) is 0 Å². The quantitative estimate of drug-likeness (QED) is 0.769. The van der Waals surface area contributed by atoms with Crippen LogP contribution in [0.4, 0.5) is 4.79 Å². The number of aryl methyl sites for hydroxylation is 1. The van der Waals surface area contributed by atoms with E-state index in [1.807, 2.05) is 55.5 Å². The summed E-state index contributed by atoms with van der Waals surface area (Å²) in [6, 6.07) is 15.9. The summed E-state index contributed by atoms with van der Waals surface area (Å²) in [5, 5.41) is 2.69. The summed E-state index contributed by atoms with van der Waals surface area (Å²) in [6.45, 7) is 4.72. The fourth-order valence-corrected chi connectivity index (χ4v) is 2.87. The van der Waals surface area contributed by atoms with Crippen LogP contribution in [0.15, 0.2) is 54.6 Å². The molecule has 0 bridgehead atoms. The number of amides is 1. The molecule has 0 aromatic heterocycles. The molecule has 2 aromatic rings. The van der Waals surface area contributed by atoms with Gasteiger partial charge < -0.3 is 10.1 Å². The number of Topliss-reactive ketones (excluding diaryl/α,β-unsaturated/α-hetero) is 2. The Balaban J connectivity index is 2.19. The third-order valence-corrected chi connectivity index (χ3v) is 4.10. The molecule has 136 valence electrons. The maximum absolute atomic E-state index is 12.3. The molecule has 5 nitrogen and oxygen atoms in total. The first kappa shape index (κ1) is 19.4. The lowest BCUT2D eigenvalue weighted by atomic mass is 9.87. The minimum Gasteiger partial charge on any atom is -0.445 e. The molecule has 0 aliphatic rings. The van der Waals surface area contributed by atoms with E-state index in [9.17, 15) is 14.4 Å². The van der Waals surface area contributed by atoms with Crippen LogP contribution in [-0.2, 0) is 20.9 Å². The lowest BCUT2D eigenvalue weighted by molar-refractivity contribution is -0.131. The van der Waals surface area contributed by atoms with Gasteiger partial charge >= 0.3 is 6.09 Å². The Bertz CT molecular complexity index is 772. The molecule has 1 atom stereocenters. The van der Waals surface area contributed by atoms with E-state index < -0.39 is 18.1 Å². The van der Waals surface area contributed by atoms with Crippen molar-refractivity contribution in [2.45, 2.75) is 33.4 Å². The van der Waals surface area contributed by atoms with Crippen molar-refractivity contribution in [2.75, 3.05) is 0 Å². The Labute approximate surface area is 153 Å². The second kappa shape index (κ2) is 8.94. The number of nitrogens with one attached hydrogen (secondary N) is 1. The Morgan fingerprint density at radius 2 is 1.62 bits per heavy atom. The highest BCUT2D eigenvalue weighted by Crippen LogP contribution is 2.25. The van der Waals surface area contributed by atoms with Crippen LogP contribution in [0.25, 0.3) is 0 Å². The summed E-state index contributed by atoms with van der Waals surface area (Å²) >= 11 is 0. The van der Waals surface area contributed by atoms with E-state index in [2.05, 4.69) is 5.32 Å². The van der Waals surface area contributed by atoms with Crippen LogP contribution in [-0.4, -0.2) is 17.7 Å². The summed E-state index contributed by atoms with van der Waals surface area (Å²) in [5.74, 6) is -1.55. The number of rotatable bonds is 7. The third kappa shape index (κ3) is 5.28. The van der Waals surface area contributed by atoms with Crippen molar-refractivity contribution < 1.29 is 19.1 Å². The van der Waals surface area contributed by atoms with Crippen molar-refractivity contribution in [3.05, 3.63) is 71.3 Å². The topological polar surface area (TPSA) is 72.5 Å². The number of ketones is 2. The number of alkyl carbamates (subject to hydrolysis) is 1. The van der Waals surface area contributed by atoms with E-state index in [0.29, 0.717) is 5.56 Å². The van der Waals surface area contributed by atoms with E-state index in [0.717, 1.165) is 11.1 Å². The molecule has 0 unspecified atom stereocenters. The fourth-order valence-electron chi connectivity index (χ4n) is 2.87. The van der Waals surface area contributed by atoms with Gasteiger partial charge in [0.2, 0.25) is 0 Å². The van der Waals surface area contributed by atoms with Gasteiger partial charge in [-0.2, -0.15) is 0 Å². The van der Waals surface area contributed by atoms with E-state index in [1.165, 1.54) is 13.8 Å². The normalized spacial score (nSPS) is 11.7. The largest absolute Gasteiger partial charge is 0.445 e. The number of hydrogen-bond donors (Lipinski definition) is 1. The van der Waals surface area contributed by atoms with Crippen LogP contribution in [0, 0.1) is 12.8 Å². The highest BCUT2D eigenvalue weighted by molar-refractivity contribution is 6.01. The van der Waals surface area contributed by atoms with Crippen molar-refractivity contribution in [1.82, 2.24) is 5.32 Å². The Hall–Kier alpha value is -2.95. The Kier molecular flexibility index (Phi) is 6.67. The SMILES string of the molecule is CC(=O)C(C(C)=O)[C@@H](NC(=O)OCc1ccccc1)c1cccc(C)c1. The van der Waals surface area contributed by atoms with Crippen molar-refractivity contribution in [3.63, 3.8) is 0 Å². The van der Waals surface area contributed by atoms with E-state index in [4.69, 9.17) is 4.74 Å². The molecule has 0 fully saturated rings. The van der Waals surface area contributed by atoms with Gasteiger partial charge in [0, 0.05) is 0 Å². The molecule has 0 radical (unpaired) electrons. The second-order valence-electron chi connectivity index (χ2n) is 6.30. The zero-order chi connectivity index (χ0) is 19.1. The van der Waals surface area contributed by atoms with Gasteiger partial charge in [0.05, 0.1) is 6.04 Å². The predicted octanol–water partition coefficient (Wildman–Crippen LogP) is 3.76. The van der Waals surface area contributed by atoms with E-state index in [-0.39, 0.29) is 18.2 Å². The first-order valence-electron chi connectivity index (χ1n) is 8.43. The number of carbonyl (C=O) groups excluding carboxylic acids is 3. The van der Waals surface area contributed by atoms with Crippen LogP contribution in [0.2, 0.25) is 0 Å². The fraction of sp³-hybridized carbons (Fsp3) is 0.286. The second-order valence-corrected chi connectivity index (χ2v) is 6.30. The highest BCUT2D eigenvalue weighted by Gasteiger charge is 2.32. The van der Waals surface area contributed by atoms with Gasteiger partial charge in [-0.25, -0.2) is 4.79 Å². The van der Waals surface area contributed by atoms with E-state index in [1.54, 1.807) is 6.07 Å². The predicted molar refractivity (Wildman–Crippen MR) is 98.5 cm³/mol. The summed E-state index contributed by atoms with van der Waals surface area (Å²) in [4.78, 5) is 36.3. The van der Waals surface area contributed by atoms with Gasteiger partial charge in [0.1, 0.15) is 24.1 Å². The smallest absolute Gasteiger partial charge is 0.407 e. The first-order valence-corrected chi connectivity index (χ1v) is 8.43. The van der Waals surface area contributed by atoms with Crippen molar-refractivity contribution in [1.29, 1.82) is 0 Å². The molecule has 1 N–H and O–H groups in total. The molecular formula is C21H23NO4. The molecule has 0 spiro atoms. The molecule has 0 saturated carbocycles. The molecule has 1 amide bonds. The van der Waals surface area contributed by atoms with E-state index >= 15 is 0 Å². The summed E-state index contributed by atoms with van der Waals surface area (Å²) in [6.07, 6.45) is -0.673. The maximum atomic E-state index is 12.3. The van der Waals surface area contributed by atoms with Crippen LogP contribution in [0.1, 0.15) is 36.6 Å². The summed E-state index contributed by atoms with van der Waals surface area (Å²) in [7, 11) is 0. The molecule has 0 saturated heterocycles. The first-order chi connectivity index (χ1) is 12.4. The molecule has 0 aliphatic carbocycles. The standard InChI is InChI=1S/C21H23NO4/c1-14-8-7-11-18(12-14)20(19(15(2)23)16(3)24)22-21(25)26-13-17-9-5-4-6-10-17/h4-12,19-20H,13H2,1-3H3,(H,22,25)/t20-/m0/s1. The van der Waals surface area contributed by atoms with Crippen molar-refractivity contribution in [3.8, 4) is 0 Å². The minimum atomic E-state index is -0.957. The van der Waals surface area contributed by atoms with Crippen molar-refractivity contribution >= 4 is 17.7 Å². The molecule has 5 heteroatoms. The van der Waals surface area contributed by atoms with Gasteiger partial charge in [-0.3, -0.25) is 9.59 Å². The summed E-state index contributed by atoms with van der Waals surface area (Å²) < 4.78 is 5.25. The lowest BCUT2D eigenvalue weighted by Crippen LogP contribution is -2.39. The number of benzene rings is 2. The molecular weight excluding hydrogens is 330 g/mol. The van der Waals surface area contributed by atoms with Gasteiger partial charge in [-0.15, -0.1) is 0 Å². The molecule has 0 aliphatic heterocycles. The molecule has 26 heavy (non-hydrogen) atoms. The van der Waals surface area contributed by atoms with Gasteiger partial charge in [0.25, 0.3) is 0 Å². The zero-order valence-corrected chi connectivity index (χ0v) is 15.2. The molecule has 0 heterocycles. The third-order valence-electron chi connectivity index (χ3n) is 4.10. The molecule has 2 rings (SSSR count). The van der Waals surface area contributed by atoms with Crippen LogP contribution in [0.3, 0.4) is 0 Å². The van der Waals surface area contributed by atoms with Gasteiger partial charge in [-0.1, -0.05) is 60.2 Å². The number of ether oxygens (including phenoxy) is 1. The van der Waals surface area contributed by atoms with Crippen LogP contribution >= 0.6 is 0 Å². The van der Waals surface area contributed by atoms with Gasteiger partial charge in [0.15, 0.2) is 0 Å². The lowest BCUT2D eigenvalue weighted by Gasteiger charge is -2.25. The zero-order valence-electron chi connectivity index (χ0n) is 15.2. The number of carbonyl (C=O) groups is 3. The Morgan fingerprint density at radius 1 is 0.962 bits per heavy atom. The monoisotopic (exact) mass is 353 g/mol. The minimum absolute atomic E-state index is 0.109. The maximum Gasteiger partial charge on any atom is 0.407 e. The van der Waals surface area contributed by atoms with Crippen LogP contribution < -0.4 is 5.32 Å². The van der Waals surface area contributed by atoms with Gasteiger partial charge in [-0.05, 0) is 31.9 Å². The van der Waals surface area contributed by atoms with Crippen molar-refractivity contribution in [2.24, 2.45) is 5.92 Å². The molecule has 2 aromatic carbocycles. The highest BCUT2D eigenvalue weighted by atomic mass is 16.5. The average Bonchev–Trinajstić information content (AvgIpc) is 2.59. The number of hydrogen-bond acceptors (Lipinski definition) is 4. The summed E-state index contributed by atoms with van der Waals surface area (Å²) in [5.41, 5.74) is 2.51.